The second kappa shape index (κ2) is 3.94. The van der Waals surface area contributed by atoms with Crippen molar-refractivity contribution >= 4 is 12.4 Å². The van der Waals surface area contributed by atoms with Gasteiger partial charge in [0.05, 0.1) is 12.1 Å². The first kappa shape index (κ1) is 9.02. The minimum absolute atomic E-state index is 0. The van der Waals surface area contributed by atoms with Crippen molar-refractivity contribution in [1.82, 2.24) is 0 Å². The van der Waals surface area contributed by atoms with Crippen LogP contribution in [0, 0.1) is 11.3 Å². The molecule has 0 aliphatic heterocycles. The third kappa shape index (κ3) is 1.76. The Balaban J connectivity index is 0.000000810. The van der Waals surface area contributed by atoms with Crippen molar-refractivity contribution in [3.8, 4) is 6.07 Å². The standard InChI is InChI=1S/C6H6N2O.ClH/c7-2-5-1-6(3-8)9-4-5;/h1,4H,3,8H2;1H. The molecule has 0 atom stereocenters. The predicted octanol–water partition coefficient (Wildman–Crippen LogP) is 1.03. The molecule has 0 aliphatic rings. The lowest BCUT2D eigenvalue weighted by Gasteiger charge is -1.80. The maximum atomic E-state index is 8.30. The largest absolute Gasteiger partial charge is 0.467 e. The Kier molecular flexibility index (Phi) is 3.55. The van der Waals surface area contributed by atoms with E-state index in [0.717, 1.165) is 0 Å². The highest BCUT2D eigenvalue weighted by atomic mass is 35.5. The van der Waals surface area contributed by atoms with E-state index < -0.39 is 0 Å². The zero-order valence-corrected chi connectivity index (χ0v) is 6.02. The van der Waals surface area contributed by atoms with E-state index in [1.807, 2.05) is 6.07 Å². The molecule has 0 saturated heterocycles. The van der Waals surface area contributed by atoms with Gasteiger partial charge in [-0.05, 0) is 6.07 Å². The van der Waals surface area contributed by atoms with Gasteiger partial charge < -0.3 is 10.2 Å². The molecule has 1 rings (SSSR count). The van der Waals surface area contributed by atoms with Crippen LogP contribution in [0.3, 0.4) is 0 Å². The van der Waals surface area contributed by atoms with Crippen LogP contribution in [0.5, 0.6) is 0 Å². The SMILES string of the molecule is Cl.N#Cc1coc(CN)c1. The molecule has 0 spiro atoms. The molecule has 0 saturated carbocycles. The Morgan fingerprint density at radius 1 is 1.70 bits per heavy atom. The van der Waals surface area contributed by atoms with Gasteiger partial charge in [0.1, 0.15) is 18.1 Å². The van der Waals surface area contributed by atoms with Crippen LogP contribution in [0.1, 0.15) is 11.3 Å². The zero-order valence-electron chi connectivity index (χ0n) is 5.20. The van der Waals surface area contributed by atoms with E-state index in [2.05, 4.69) is 0 Å². The lowest BCUT2D eigenvalue weighted by Crippen LogP contribution is -1.92. The highest BCUT2D eigenvalue weighted by molar-refractivity contribution is 5.85. The number of hydrogen-bond donors (Lipinski definition) is 1. The lowest BCUT2D eigenvalue weighted by atomic mass is 10.3. The minimum atomic E-state index is 0. The van der Waals surface area contributed by atoms with Crippen LogP contribution in [-0.4, -0.2) is 0 Å². The summed E-state index contributed by atoms with van der Waals surface area (Å²) < 4.78 is 4.86. The average Bonchev–Trinajstić information content (AvgIpc) is 2.34. The maximum absolute atomic E-state index is 8.30. The second-order valence-corrected chi connectivity index (χ2v) is 1.62. The molecule has 2 N–H and O–H groups in total. The van der Waals surface area contributed by atoms with Gasteiger partial charge in [0.15, 0.2) is 0 Å². The Hall–Kier alpha value is -0.980. The van der Waals surface area contributed by atoms with Crippen LogP contribution in [0.15, 0.2) is 16.7 Å². The van der Waals surface area contributed by atoms with Crippen molar-refractivity contribution in [3.63, 3.8) is 0 Å². The van der Waals surface area contributed by atoms with Crippen LogP contribution < -0.4 is 5.73 Å². The molecule has 1 heterocycles. The predicted molar refractivity (Wildman–Crippen MR) is 38.6 cm³/mol. The van der Waals surface area contributed by atoms with E-state index in [1.54, 1.807) is 6.07 Å². The lowest BCUT2D eigenvalue weighted by molar-refractivity contribution is 0.512. The van der Waals surface area contributed by atoms with E-state index in [4.69, 9.17) is 15.4 Å². The smallest absolute Gasteiger partial charge is 0.118 e. The zero-order chi connectivity index (χ0) is 6.69. The van der Waals surface area contributed by atoms with Crippen LogP contribution >= 0.6 is 12.4 Å². The molecule has 4 heteroatoms. The number of nitrogens with two attached hydrogens (primary N) is 1. The van der Waals surface area contributed by atoms with Gasteiger partial charge in [-0.2, -0.15) is 5.26 Å². The average molecular weight is 159 g/mol. The van der Waals surface area contributed by atoms with Gasteiger partial charge in [-0.3, -0.25) is 0 Å². The molecular weight excluding hydrogens is 152 g/mol. The Morgan fingerprint density at radius 3 is 2.70 bits per heavy atom. The van der Waals surface area contributed by atoms with Crippen LogP contribution in [0.2, 0.25) is 0 Å². The fourth-order valence-electron chi connectivity index (χ4n) is 0.546. The molecule has 10 heavy (non-hydrogen) atoms. The molecule has 0 amide bonds. The summed E-state index contributed by atoms with van der Waals surface area (Å²) in [6.07, 6.45) is 1.39. The highest BCUT2D eigenvalue weighted by Gasteiger charge is 1.95. The summed E-state index contributed by atoms with van der Waals surface area (Å²) in [5, 5.41) is 8.30. The summed E-state index contributed by atoms with van der Waals surface area (Å²) >= 11 is 0. The van der Waals surface area contributed by atoms with Crippen LogP contribution in [0.25, 0.3) is 0 Å². The fraction of sp³-hybridized carbons (Fsp3) is 0.167. The van der Waals surface area contributed by atoms with Crippen molar-refractivity contribution < 1.29 is 4.42 Å². The van der Waals surface area contributed by atoms with Gasteiger partial charge in [-0.15, -0.1) is 12.4 Å². The molecule has 0 fully saturated rings. The van der Waals surface area contributed by atoms with E-state index in [1.165, 1.54) is 6.26 Å². The van der Waals surface area contributed by atoms with Crippen molar-refractivity contribution in [2.75, 3.05) is 0 Å². The van der Waals surface area contributed by atoms with E-state index in [9.17, 15) is 0 Å². The second-order valence-electron chi connectivity index (χ2n) is 1.62. The number of hydrogen-bond acceptors (Lipinski definition) is 3. The summed E-state index contributed by atoms with van der Waals surface area (Å²) in [4.78, 5) is 0. The van der Waals surface area contributed by atoms with Gasteiger partial charge in [0.25, 0.3) is 0 Å². The summed E-state index contributed by atoms with van der Waals surface area (Å²) in [5.41, 5.74) is 5.74. The number of halogens is 1. The molecular formula is C6H7ClN2O. The number of nitrogens with zero attached hydrogens (tertiary/aromatic N) is 1. The first-order valence-electron chi connectivity index (χ1n) is 2.54. The fourth-order valence-corrected chi connectivity index (χ4v) is 0.546. The van der Waals surface area contributed by atoms with Gasteiger partial charge in [0, 0.05) is 0 Å². The molecule has 0 radical (unpaired) electrons. The first-order chi connectivity index (χ1) is 4.36. The summed E-state index contributed by atoms with van der Waals surface area (Å²) in [7, 11) is 0. The Bertz CT molecular complexity index is 238. The molecule has 0 aliphatic carbocycles. The van der Waals surface area contributed by atoms with Crippen LogP contribution in [0.4, 0.5) is 0 Å². The summed E-state index contributed by atoms with van der Waals surface area (Å²) in [6, 6.07) is 3.56. The third-order valence-corrected chi connectivity index (χ3v) is 0.984. The third-order valence-electron chi connectivity index (χ3n) is 0.984. The molecule has 0 bridgehead atoms. The van der Waals surface area contributed by atoms with E-state index in [0.29, 0.717) is 17.9 Å². The number of rotatable bonds is 1. The minimum Gasteiger partial charge on any atom is -0.467 e. The van der Waals surface area contributed by atoms with Crippen molar-refractivity contribution in [1.29, 1.82) is 5.26 Å². The first-order valence-corrected chi connectivity index (χ1v) is 2.54. The van der Waals surface area contributed by atoms with E-state index >= 15 is 0 Å². The summed E-state index contributed by atoms with van der Waals surface area (Å²) in [5.74, 6) is 0.645. The highest BCUT2D eigenvalue weighted by Crippen LogP contribution is 2.04. The molecule has 0 unspecified atom stereocenters. The number of nitriles is 1. The monoisotopic (exact) mass is 158 g/mol. The molecule has 0 aromatic carbocycles. The van der Waals surface area contributed by atoms with Gasteiger partial charge in [-0.25, -0.2) is 0 Å². The topological polar surface area (TPSA) is 63.0 Å². The molecule has 1 aromatic rings. The van der Waals surface area contributed by atoms with Crippen molar-refractivity contribution in [2.45, 2.75) is 6.54 Å². The number of furan rings is 1. The van der Waals surface area contributed by atoms with Crippen LogP contribution in [-0.2, 0) is 6.54 Å². The van der Waals surface area contributed by atoms with Crippen molar-refractivity contribution in [2.24, 2.45) is 5.73 Å². The summed E-state index contributed by atoms with van der Waals surface area (Å²) in [6.45, 7) is 0.349. The Labute approximate surface area is 64.8 Å². The molecule has 3 nitrogen and oxygen atoms in total. The molecule has 54 valence electrons. The van der Waals surface area contributed by atoms with Crippen molar-refractivity contribution in [3.05, 3.63) is 23.7 Å². The normalized spacial score (nSPS) is 8.00. The van der Waals surface area contributed by atoms with Gasteiger partial charge >= 0.3 is 0 Å². The molecule has 1 aromatic heterocycles. The quantitative estimate of drug-likeness (QED) is 0.664. The van der Waals surface area contributed by atoms with E-state index in [-0.39, 0.29) is 12.4 Å². The van der Waals surface area contributed by atoms with Gasteiger partial charge in [0.2, 0.25) is 0 Å². The van der Waals surface area contributed by atoms with Gasteiger partial charge in [-0.1, -0.05) is 0 Å². The maximum Gasteiger partial charge on any atom is 0.118 e. The Morgan fingerprint density at radius 2 is 2.40 bits per heavy atom.